The molecular formula is C11H10O4. The molecule has 1 fully saturated rings. The van der Waals surface area contributed by atoms with Gasteiger partial charge in [-0.2, -0.15) is 0 Å². The molecule has 4 nitrogen and oxygen atoms in total. The Hall–Kier alpha value is -1.84. The van der Waals surface area contributed by atoms with Gasteiger partial charge in [-0.3, -0.25) is 9.59 Å². The molecule has 0 amide bonds. The van der Waals surface area contributed by atoms with Crippen molar-refractivity contribution in [2.75, 3.05) is 7.11 Å². The molecule has 1 atom stereocenters. The maximum atomic E-state index is 11.4. The molecule has 0 radical (unpaired) electrons. The zero-order valence-corrected chi connectivity index (χ0v) is 8.23. The van der Waals surface area contributed by atoms with Gasteiger partial charge in [0.1, 0.15) is 5.75 Å². The second-order valence-corrected chi connectivity index (χ2v) is 3.29. The van der Waals surface area contributed by atoms with Crippen LogP contribution in [0.25, 0.3) is 0 Å². The number of cyclic esters (lactones) is 2. The number of benzene rings is 1. The summed E-state index contributed by atoms with van der Waals surface area (Å²) in [5.74, 6) is -0.886. The Morgan fingerprint density at radius 1 is 1.33 bits per heavy atom. The lowest BCUT2D eigenvalue weighted by atomic mass is 9.97. The summed E-state index contributed by atoms with van der Waals surface area (Å²) in [6.45, 7) is 0. The Bertz CT molecular complexity index is 411. The SMILES string of the molecule is COc1ccccc1C1CC(=O)OC1=O. The van der Waals surface area contributed by atoms with E-state index in [0.717, 1.165) is 0 Å². The number of para-hydroxylation sites is 1. The first-order valence-electron chi connectivity index (χ1n) is 4.60. The van der Waals surface area contributed by atoms with Crippen molar-refractivity contribution in [3.8, 4) is 5.75 Å². The third-order valence-corrected chi connectivity index (χ3v) is 2.38. The summed E-state index contributed by atoms with van der Waals surface area (Å²) in [6.07, 6.45) is 0.0964. The zero-order valence-electron chi connectivity index (χ0n) is 8.23. The van der Waals surface area contributed by atoms with Crippen molar-refractivity contribution in [1.29, 1.82) is 0 Å². The number of carbonyl (C=O) groups excluding carboxylic acids is 2. The molecule has 78 valence electrons. The van der Waals surface area contributed by atoms with Crippen LogP contribution in [0.4, 0.5) is 0 Å². The van der Waals surface area contributed by atoms with E-state index < -0.39 is 17.9 Å². The monoisotopic (exact) mass is 206 g/mol. The number of methoxy groups -OCH3 is 1. The molecule has 15 heavy (non-hydrogen) atoms. The summed E-state index contributed by atoms with van der Waals surface area (Å²) in [7, 11) is 1.53. The Balaban J connectivity index is 2.37. The number of esters is 2. The molecule has 1 saturated heterocycles. The van der Waals surface area contributed by atoms with E-state index in [1.165, 1.54) is 7.11 Å². The fourth-order valence-corrected chi connectivity index (χ4v) is 1.67. The van der Waals surface area contributed by atoms with Gasteiger partial charge < -0.3 is 9.47 Å². The average molecular weight is 206 g/mol. The molecule has 1 aliphatic rings. The van der Waals surface area contributed by atoms with Gasteiger partial charge in [0.25, 0.3) is 0 Å². The molecule has 0 spiro atoms. The molecule has 0 N–H and O–H groups in total. The molecule has 4 heteroatoms. The van der Waals surface area contributed by atoms with Crippen LogP contribution < -0.4 is 4.74 Å². The van der Waals surface area contributed by atoms with Crippen LogP contribution in [0.2, 0.25) is 0 Å². The molecule has 0 aliphatic carbocycles. The fraction of sp³-hybridized carbons (Fsp3) is 0.273. The van der Waals surface area contributed by atoms with E-state index in [1.54, 1.807) is 18.2 Å². The summed E-state index contributed by atoms with van der Waals surface area (Å²) in [5, 5.41) is 0. The lowest BCUT2D eigenvalue weighted by Crippen LogP contribution is -2.07. The van der Waals surface area contributed by atoms with Crippen molar-refractivity contribution in [3.05, 3.63) is 29.8 Å². The summed E-state index contributed by atoms with van der Waals surface area (Å²) < 4.78 is 9.62. The molecule has 2 rings (SSSR count). The quantitative estimate of drug-likeness (QED) is 0.539. The van der Waals surface area contributed by atoms with E-state index in [9.17, 15) is 9.59 Å². The van der Waals surface area contributed by atoms with Crippen LogP contribution in [0, 0.1) is 0 Å². The van der Waals surface area contributed by atoms with Gasteiger partial charge in [-0.15, -0.1) is 0 Å². The average Bonchev–Trinajstić information content (AvgIpc) is 2.57. The van der Waals surface area contributed by atoms with Crippen LogP contribution in [0.3, 0.4) is 0 Å². The van der Waals surface area contributed by atoms with Crippen molar-refractivity contribution < 1.29 is 19.1 Å². The van der Waals surface area contributed by atoms with Gasteiger partial charge >= 0.3 is 11.9 Å². The lowest BCUT2D eigenvalue weighted by Gasteiger charge is -2.10. The molecule has 0 aromatic heterocycles. The van der Waals surface area contributed by atoms with Crippen LogP contribution >= 0.6 is 0 Å². The van der Waals surface area contributed by atoms with Crippen molar-refractivity contribution in [1.82, 2.24) is 0 Å². The standard InChI is InChI=1S/C11H10O4/c1-14-9-5-3-2-4-7(9)8-6-10(12)15-11(8)13/h2-5,8H,6H2,1H3. The van der Waals surface area contributed by atoms with E-state index in [1.807, 2.05) is 6.07 Å². The van der Waals surface area contributed by atoms with Crippen LogP contribution in [-0.2, 0) is 14.3 Å². The van der Waals surface area contributed by atoms with Gasteiger partial charge in [0, 0.05) is 5.56 Å². The van der Waals surface area contributed by atoms with Crippen molar-refractivity contribution in [2.45, 2.75) is 12.3 Å². The van der Waals surface area contributed by atoms with Gasteiger partial charge in [-0.25, -0.2) is 0 Å². The van der Waals surface area contributed by atoms with Gasteiger partial charge in [0.05, 0.1) is 19.4 Å². The molecule has 1 heterocycles. The van der Waals surface area contributed by atoms with Gasteiger partial charge in [0.15, 0.2) is 0 Å². The molecule has 0 saturated carbocycles. The number of carbonyl (C=O) groups is 2. The lowest BCUT2D eigenvalue weighted by molar-refractivity contribution is -0.152. The predicted octanol–water partition coefficient (Wildman–Crippen LogP) is 1.25. The predicted molar refractivity (Wildman–Crippen MR) is 51.5 cm³/mol. The van der Waals surface area contributed by atoms with E-state index in [2.05, 4.69) is 4.74 Å². The minimum Gasteiger partial charge on any atom is -0.496 e. The number of hydrogen-bond donors (Lipinski definition) is 0. The van der Waals surface area contributed by atoms with E-state index >= 15 is 0 Å². The molecule has 1 aromatic carbocycles. The topological polar surface area (TPSA) is 52.6 Å². The summed E-state index contributed by atoms with van der Waals surface area (Å²) >= 11 is 0. The minimum atomic E-state index is -0.520. The molecule has 1 aromatic rings. The number of rotatable bonds is 2. The highest BCUT2D eigenvalue weighted by Crippen LogP contribution is 2.33. The normalized spacial score (nSPS) is 20.2. The Kier molecular flexibility index (Phi) is 2.41. The van der Waals surface area contributed by atoms with Crippen molar-refractivity contribution >= 4 is 11.9 Å². The third-order valence-electron chi connectivity index (χ3n) is 2.38. The molecule has 1 unspecified atom stereocenters. The Labute approximate surface area is 86.8 Å². The van der Waals surface area contributed by atoms with Gasteiger partial charge in [0.2, 0.25) is 0 Å². The highest BCUT2D eigenvalue weighted by molar-refractivity contribution is 5.98. The first kappa shape index (κ1) is 9.71. The summed E-state index contributed by atoms with van der Waals surface area (Å²) in [6, 6.07) is 7.13. The van der Waals surface area contributed by atoms with Crippen LogP contribution in [0.1, 0.15) is 17.9 Å². The summed E-state index contributed by atoms with van der Waals surface area (Å²) in [5.41, 5.74) is 0.704. The van der Waals surface area contributed by atoms with Crippen LogP contribution in [0.5, 0.6) is 5.75 Å². The van der Waals surface area contributed by atoms with Crippen molar-refractivity contribution in [2.24, 2.45) is 0 Å². The fourth-order valence-electron chi connectivity index (χ4n) is 1.67. The molecular weight excluding hydrogens is 196 g/mol. The van der Waals surface area contributed by atoms with Gasteiger partial charge in [-0.05, 0) is 6.07 Å². The Morgan fingerprint density at radius 3 is 2.67 bits per heavy atom. The number of hydrogen-bond acceptors (Lipinski definition) is 4. The first-order chi connectivity index (χ1) is 7.22. The third kappa shape index (κ3) is 1.70. The van der Waals surface area contributed by atoms with Crippen LogP contribution in [-0.4, -0.2) is 19.0 Å². The minimum absolute atomic E-state index is 0.0964. The van der Waals surface area contributed by atoms with E-state index in [4.69, 9.17) is 4.74 Å². The number of ether oxygens (including phenoxy) is 2. The Morgan fingerprint density at radius 2 is 2.07 bits per heavy atom. The second kappa shape index (κ2) is 3.73. The second-order valence-electron chi connectivity index (χ2n) is 3.29. The largest absolute Gasteiger partial charge is 0.496 e. The zero-order chi connectivity index (χ0) is 10.8. The molecule has 0 bridgehead atoms. The van der Waals surface area contributed by atoms with Crippen LogP contribution in [0.15, 0.2) is 24.3 Å². The van der Waals surface area contributed by atoms with Gasteiger partial charge in [-0.1, -0.05) is 18.2 Å². The highest BCUT2D eigenvalue weighted by Gasteiger charge is 2.36. The van der Waals surface area contributed by atoms with E-state index in [-0.39, 0.29) is 6.42 Å². The smallest absolute Gasteiger partial charge is 0.321 e. The molecule has 1 aliphatic heterocycles. The van der Waals surface area contributed by atoms with Crippen molar-refractivity contribution in [3.63, 3.8) is 0 Å². The summed E-state index contributed by atoms with van der Waals surface area (Å²) in [4.78, 5) is 22.3. The van der Waals surface area contributed by atoms with E-state index in [0.29, 0.717) is 11.3 Å². The first-order valence-corrected chi connectivity index (χ1v) is 4.60. The highest BCUT2D eigenvalue weighted by atomic mass is 16.6. The maximum absolute atomic E-state index is 11.4. The maximum Gasteiger partial charge on any atom is 0.321 e.